The third-order valence-corrected chi connectivity index (χ3v) is 7.73. The van der Waals surface area contributed by atoms with Gasteiger partial charge in [0, 0.05) is 24.6 Å². The van der Waals surface area contributed by atoms with Crippen LogP contribution < -0.4 is 20.3 Å². The van der Waals surface area contributed by atoms with Crippen molar-refractivity contribution in [1.29, 1.82) is 0 Å². The molecule has 0 unspecified atom stereocenters. The molecule has 36 heavy (non-hydrogen) atoms. The first kappa shape index (κ1) is 24.4. The summed E-state index contributed by atoms with van der Waals surface area (Å²) in [5, 5.41) is 6.54. The molecule has 0 aromatic carbocycles. The number of pyridine rings is 1. The third kappa shape index (κ3) is 5.28. The van der Waals surface area contributed by atoms with Crippen LogP contribution in [0.1, 0.15) is 62.6 Å². The van der Waals surface area contributed by atoms with Crippen LogP contribution in [0.25, 0.3) is 11.5 Å². The van der Waals surface area contributed by atoms with Crippen molar-refractivity contribution in [1.82, 2.24) is 20.3 Å². The monoisotopic (exact) mass is 518 g/mol. The maximum atomic E-state index is 12.6. The molecule has 2 aliphatic rings. The van der Waals surface area contributed by atoms with Crippen LogP contribution in [-0.4, -0.2) is 39.7 Å². The lowest BCUT2D eigenvalue weighted by Crippen LogP contribution is -2.41. The molecule has 2 N–H and O–H groups in total. The zero-order valence-corrected chi connectivity index (χ0v) is 20.9. The molecule has 3 aromatic heterocycles. The molecular formula is C24H28F2N6O3S. The Morgan fingerprint density at radius 1 is 1.22 bits per heavy atom. The molecule has 1 aliphatic carbocycles. The summed E-state index contributed by atoms with van der Waals surface area (Å²) in [5.41, 5.74) is 1.30. The standard InChI is InChI=1S/C24H28F2N6O3S/c1-13-11-17-20(36-23(30-17)31-22(33)28-15-7-4-3-5-8-15)14(2)32(13)24-27-12-18(34-24)16-9-6-10-19(29-16)35-21(25)26/h6,9-10,12-15,21H,3-5,7-8,11H2,1-2H3,(H2,28,30,31,33)/t13-,14+/m1/s1. The molecule has 3 aromatic rings. The van der Waals surface area contributed by atoms with E-state index in [2.05, 4.69) is 42.1 Å². The quantitative estimate of drug-likeness (QED) is 0.427. The van der Waals surface area contributed by atoms with Crippen molar-refractivity contribution in [2.45, 2.75) is 77.1 Å². The number of alkyl halides is 2. The van der Waals surface area contributed by atoms with Crippen molar-refractivity contribution >= 4 is 28.5 Å². The number of nitrogens with one attached hydrogen (secondary N) is 2. The van der Waals surface area contributed by atoms with Gasteiger partial charge in [-0.25, -0.2) is 19.7 Å². The van der Waals surface area contributed by atoms with Gasteiger partial charge in [-0.3, -0.25) is 5.32 Å². The average molecular weight is 519 g/mol. The Morgan fingerprint density at radius 3 is 2.81 bits per heavy atom. The topological polar surface area (TPSA) is 105 Å². The second-order valence-electron chi connectivity index (χ2n) is 9.15. The van der Waals surface area contributed by atoms with Crippen molar-refractivity contribution < 1.29 is 22.7 Å². The van der Waals surface area contributed by atoms with Crippen LogP contribution >= 0.6 is 11.3 Å². The van der Waals surface area contributed by atoms with Gasteiger partial charge in [-0.05, 0) is 32.8 Å². The predicted octanol–water partition coefficient (Wildman–Crippen LogP) is 5.76. The van der Waals surface area contributed by atoms with E-state index in [4.69, 9.17) is 4.42 Å². The van der Waals surface area contributed by atoms with Crippen LogP contribution in [0, 0.1) is 0 Å². The summed E-state index contributed by atoms with van der Waals surface area (Å²) in [6.07, 6.45) is 7.74. The van der Waals surface area contributed by atoms with Crippen LogP contribution in [0.2, 0.25) is 0 Å². The minimum Gasteiger partial charge on any atom is -0.422 e. The number of halogens is 2. The average Bonchev–Trinajstić information content (AvgIpc) is 3.47. The number of thiazole rings is 1. The van der Waals surface area contributed by atoms with Gasteiger partial charge in [-0.1, -0.05) is 36.7 Å². The molecular weight excluding hydrogens is 490 g/mol. The number of oxazole rings is 1. The first-order chi connectivity index (χ1) is 17.4. The zero-order valence-electron chi connectivity index (χ0n) is 20.0. The Morgan fingerprint density at radius 2 is 2.03 bits per heavy atom. The minimum atomic E-state index is -2.96. The molecule has 0 bridgehead atoms. The second kappa shape index (κ2) is 10.4. The molecule has 4 heterocycles. The first-order valence-electron chi connectivity index (χ1n) is 12.1. The van der Waals surface area contributed by atoms with Gasteiger partial charge in [0.05, 0.1) is 22.8 Å². The van der Waals surface area contributed by atoms with Crippen molar-refractivity contribution in [3.05, 3.63) is 35.0 Å². The van der Waals surface area contributed by atoms with Crippen LogP contribution in [0.4, 0.5) is 24.7 Å². The molecule has 192 valence electrons. The van der Waals surface area contributed by atoms with Crippen LogP contribution in [-0.2, 0) is 6.42 Å². The fraction of sp³-hybridized carbons (Fsp3) is 0.500. The molecule has 1 aliphatic heterocycles. The highest BCUT2D eigenvalue weighted by Gasteiger charge is 2.35. The highest BCUT2D eigenvalue weighted by molar-refractivity contribution is 7.16. The van der Waals surface area contributed by atoms with Crippen molar-refractivity contribution in [3.8, 4) is 17.3 Å². The van der Waals surface area contributed by atoms with Crippen molar-refractivity contribution in [3.63, 3.8) is 0 Å². The molecule has 9 nitrogen and oxygen atoms in total. The Bertz CT molecular complexity index is 1210. The number of carbonyl (C=O) groups excluding carboxylic acids is 1. The summed E-state index contributed by atoms with van der Waals surface area (Å²) in [5.74, 6) is 0.156. The number of carbonyl (C=O) groups is 1. The van der Waals surface area contributed by atoms with E-state index in [9.17, 15) is 13.6 Å². The number of hydrogen-bond acceptors (Lipinski definition) is 8. The number of amides is 2. The smallest absolute Gasteiger partial charge is 0.388 e. The maximum Gasteiger partial charge on any atom is 0.388 e. The van der Waals surface area contributed by atoms with Crippen LogP contribution in [0.15, 0.2) is 28.8 Å². The molecule has 1 fully saturated rings. The highest BCUT2D eigenvalue weighted by atomic mass is 32.1. The molecule has 0 radical (unpaired) electrons. The summed E-state index contributed by atoms with van der Waals surface area (Å²) in [4.78, 5) is 28.8. The number of anilines is 2. The molecule has 0 saturated heterocycles. The van der Waals surface area contributed by atoms with E-state index in [1.807, 2.05) is 6.92 Å². The summed E-state index contributed by atoms with van der Waals surface area (Å²) in [7, 11) is 0. The summed E-state index contributed by atoms with van der Waals surface area (Å²) >= 11 is 1.45. The number of hydrogen-bond donors (Lipinski definition) is 2. The lowest BCUT2D eigenvalue weighted by atomic mass is 9.96. The SMILES string of the molecule is C[C@@H]1Cc2nc(NC(=O)NC3CCCCC3)sc2[C@H](C)N1c1ncc(-c2cccc(OC(F)F)n2)o1. The van der Waals surface area contributed by atoms with E-state index in [0.29, 0.717) is 29.0 Å². The summed E-state index contributed by atoms with van der Waals surface area (Å²) < 4.78 is 35.5. The normalized spacial score (nSPS) is 20.3. The molecule has 5 rings (SSSR count). The largest absolute Gasteiger partial charge is 0.422 e. The summed E-state index contributed by atoms with van der Waals surface area (Å²) in [6, 6.07) is 4.91. The fourth-order valence-electron chi connectivity index (χ4n) is 4.91. The van der Waals surface area contributed by atoms with E-state index in [-0.39, 0.29) is 30.0 Å². The number of ether oxygens (including phenoxy) is 1. The minimum absolute atomic E-state index is 0.0338. The van der Waals surface area contributed by atoms with Crippen LogP contribution in [0.5, 0.6) is 5.88 Å². The van der Waals surface area contributed by atoms with Crippen molar-refractivity contribution in [2.75, 3.05) is 10.2 Å². The van der Waals surface area contributed by atoms with E-state index in [1.54, 1.807) is 12.1 Å². The summed E-state index contributed by atoms with van der Waals surface area (Å²) in [6.45, 7) is 1.14. The Balaban J connectivity index is 1.30. The molecule has 0 spiro atoms. The lowest BCUT2D eigenvalue weighted by Gasteiger charge is -2.36. The van der Waals surface area contributed by atoms with Gasteiger partial charge >= 0.3 is 12.6 Å². The van der Waals surface area contributed by atoms with Crippen LogP contribution in [0.3, 0.4) is 0 Å². The number of nitrogens with zero attached hydrogens (tertiary/aromatic N) is 4. The van der Waals surface area contributed by atoms with Gasteiger partial charge in [0.1, 0.15) is 5.69 Å². The van der Waals surface area contributed by atoms with Gasteiger partial charge in [0.25, 0.3) is 6.01 Å². The van der Waals surface area contributed by atoms with Gasteiger partial charge in [-0.15, -0.1) is 0 Å². The maximum absolute atomic E-state index is 12.6. The zero-order chi connectivity index (χ0) is 25.2. The molecule has 1 saturated carbocycles. The number of rotatable bonds is 6. The van der Waals surface area contributed by atoms with Gasteiger partial charge < -0.3 is 19.4 Å². The fourth-order valence-corrected chi connectivity index (χ4v) is 5.95. The van der Waals surface area contributed by atoms with Gasteiger partial charge in [0.15, 0.2) is 10.9 Å². The van der Waals surface area contributed by atoms with Crippen molar-refractivity contribution in [2.24, 2.45) is 0 Å². The van der Waals surface area contributed by atoms with E-state index >= 15 is 0 Å². The van der Waals surface area contributed by atoms with E-state index in [1.165, 1.54) is 30.0 Å². The lowest BCUT2D eigenvalue weighted by molar-refractivity contribution is -0.0527. The third-order valence-electron chi connectivity index (χ3n) is 6.55. The Kier molecular flexibility index (Phi) is 7.04. The molecule has 2 amide bonds. The van der Waals surface area contributed by atoms with Gasteiger partial charge in [-0.2, -0.15) is 8.78 Å². The van der Waals surface area contributed by atoms with Gasteiger partial charge in [0.2, 0.25) is 5.88 Å². The second-order valence-corrected chi connectivity index (χ2v) is 10.2. The molecule has 12 heteroatoms. The number of aromatic nitrogens is 3. The number of urea groups is 1. The van der Waals surface area contributed by atoms with E-state index < -0.39 is 6.61 Å². The predicted molar refractivity (Wildman–Crippen MR) is 132 cm³/mol. The molecule has 2 atom stereocenters. The number of fused-ring (bicyclic) bond motifs is 1. The van der Waals surface area contributed by atoms with E-state index in [0.717, 1.165) is 36.3 Å². The highest BCUT2D eigenvalue weighted by Crippen LogP contribution is 2.41. The first-order valence-corrected chi connectivity index (χ1v) is 12.9. The Hall–Kier alpha value is -3.28. The Labute approximate surface area is 211 Å².